The van der Waals surface area contributed by atoms with E-state index in [1.54, 1.807) is 16.9 Å². The van der Waals surface area contributed by atoms with Gasteiger partial charge in [0.15, 0.2) is 0 Å². The van der Waals surface area contributed by atoms with Crippen molar-refractivity contribution in [2.75, 3.05) is 5.73 Å². The van der Waals surface area contributed by atoms with Crippen LogP contribution in [-0.2, 0) is 13.5 Å². The van der Waals surface area contributed by atoms with Crippen LogP contribution in [0.3, 0.4) is 0 Å². The SMILES string of the molecule is CC(C)Cc1c(-c2cc[nH]c(=O)c2)nn(C)c1N. The summed E-state index contributed by atoms with van der Waals surface area (Å²) in [6.07, 6.45) is 2.48. The zero-order valence-corrected chi connectivity index (χ0v) is 10.9. The minimum absolute atomic E-state index is 0.132. The highest BCUT2D eigenvalue weighted by Crippen LogP contribution is 2.27. The monoisotopic (exact) mass is 246 g/mol. The second-order valence-corrected chi connectivity index (χ2v) is 4.88. The molecule has 5 nitrogen and oxygen atoms in total. The molecule has 0 bridgehead atoms. The number of nitrogens with two attached hydrogens (primary N) is 1. The van der Waals surface area contributed by atoms with Crippen molar-refractivity contribution in [3.63, 3.8) is 0 Å². The summed E-state index contributed by atoms with van der Waals surface area (Å²) in [4.78, 5) is 14.0. The summed E-state index contributed by atoms with van der Waals surface area (Å²) >= 11 is 0. The predicted octanol–water partition coefficient (Wildman–Crippen LogP) is 1.56. The highest BCUT2D eigenvalue weighted by molar-refractivity contribution is 5.68. The lowest BCUT2D eigenvalue weighted by Crippen LogP contribution is -2.04. The van der Waals surface area contributed by atoms with Gasteiger partial charge in [-0.2, -0.15) is 5.10 Å². The van der Waals surface area contributed by atoms with E-state index in [1.165, 1.54) is 0 Å². The molecule has 0 saturated heterocycles. The zero-order valence-electron chi connectivity index (χ0n) is 10.9. The van der Waals surface area contributed by atoms with Gasteiger partial charge in [0.05, 0.1) is 5.69 Å². The summed E-state index contributed by atoms with van der Waals surface area (Å²) < 4.78 is 1.66. The van der Waals surface area contributed by atoms with Crippen LogP contribution in [0.4, 0.5) is 5.82 Å². The van der Waals surface area contributed by atoms with Crippen molar-refractivity contribution in [2.24, 2.45) is 13.0 Å². The molecule has 0 aliphatic carbocycles. The molecule has 96 valence electrons. The van der Waals surface area contributed by atoms with Gasteiger partial charge in [0, 0.05) is 30.4 Å². The Labute approximate surface area is 106 Å². The molecule has 0 radical (unpaired) electrons. The van der Waals surface area contributed by atoms with E-state index in [0.29, 0.717) is 11.7 Å². The lowest BCUT2D eigenvalue weighted by Gasteiger charge is -2.06. The van der Waals surface area contributed by atoms with Crippen LogP contribution in [0.15, 0.2) is 23.1 Å². The van der Waals surface area contributed by atoms with Crippen molar-refractivity contribution in [3.8, 4) is 11.3 Å². The highest BCUT2D eigenvalue weighted by Gasteiger charge is 2.16. The molecule has 0 amide bonds. The highest BCUT2D eigenvalue weighted by atomic mass is 16.1. The number of pyridine rings is 1. The van der Waals surface area contributed by atoms with Gasteiger partial charge in [-0.3, -0.25) is 9.48 Å². The van der Waals surface area contributed by atoms with Gasteiger partial charge in [-0.15, -0.1) is 0 Å². The van der Waals surface area contributed by atoms with Crippen LogP contribution in [0.1, 0.15) is 19.4 Å². The standard InChI is InChI=1S/C13H18N4O/c1-8(2)6-10-12(16-17(3)13(10)14)9-4-5-15-11(18)7-9/h4-5,7-8H,6,14H2,1-3H3,(H,15,18). The Morgan fingerprint density at radius 1 is 1.50 bits per heavy atom. The number of aromatic amines is 1. The van der Waals surface area contributed by atoms with Gasteiger partial charge < -0.3 is 10.7 Å². The molecular formula is C13H18N4O. The molecule has 0 aromatic carbocycles. The van der Waals surface area contributed by atoms with Crippen LogP contribution >= 0.6 is 0 Å². The normalized spacial score (nSPS) is 11.1. The van der Waals surface area contributed by atoms with Crippen molar-refractivity contribution in [1.82, 2.24) is 14.8 Å². The number of H-pyrrole nitrogens is 1. The Balaban J connectivity index is 2.57. The summed E-state index contributed by atoms with van der Waals surface area (Å²) in [7, 11) is 1.82. The Bertz CT molecular complexity index is 610. The predicted molar refractivity (Wildman–Crippen MR) is 72.2 cm³/mol. The molecular weight excluding hydrogens is 228 g/mol. The Morgan fingerprint density at radius 2 is 2.22 bits per heavy atom. The first kappa shape index (κ1) is 12.4. The van der Waals surface area contributed by atoms with E-state index >= 15 is 0 Å². The average Bonchev–Trinajstić information content (AvgIpc) is 2.57. The number of aryl methyl sites for hydroxylation is 1. The molecule has 0 unspecified atom stereocenters. The lowest BCUT2D eigenvalue weighted by molar-refractivity contribution is 0.648. The molecule has 2 aromatic rings. The number of hydrogen-bond donors (Lipinski definition) is 2. The Morgan fingerprint density at radius 3 is 2.83 bits per heavy atom. The number of rotatable bonds is 3. The molecule has 2 aromatic heterocycles. The number of aromatic nitrogens is 3. The van der Waals surface area contributed by atoms with Crippen LogP contribution in [0, 0.1) is 5.92 Å². The molecule has 0 fully saturated rings. The zero-order chi connectivity index (χ0) is 13.3. The number of anilines is 1. The third-order valence-corrected chi connectivity index (χ3v) is 2.85. The summed E-state index contributed by atoms with van der Waals surface area (Å²) in [5.41, 5.74) is 8.53. The van der Waals surface area contributed by atoms with Crippen LogP contribution in [-0.4, -0.2) is 14.8 Å². The first-order chi connectivity index (χ1) is 8.49. The molecule has 5 heteroatoms. The largest absolute Gasteiger partial charge is 0.384 e. The van der Waals surface area contributed by atoms with Crippen molar-refractivity contribution in [3.05, 3.63) is 34.2 Å². The molecule has 0 aliphatic rings. The van der Waals surface area contributed by atoms with E-state index < -0.39 is 0 Å². The summed E-state index contributed by atoms with van der Waals surface area (Å²) in [6.45, 7) is 4.27. The fourth-order valence-corrected chi connectivity index (χ4v) is 2.01. The van der Waals surface area contributed by atoms with Gasteiger partial charge in [-0.05, 0) is 18.4 Å². The molecule has 18 heavy (non-hydrogen) atoms. The van der Waals surface area contributed by atoms with Gasteiger partial charge in [0.1, 0.15) is 5.82 Å². The first-order valence-corrected chi connectivity index (χ1v) is 5.99. The maximum Gasteiger partial charge on any atom is 0.248 e. The molecule has 0 saturated carbocycles. The molecule has 2 rings (SSSR count). The minimum Gasteiger partial charge on any atom is -0.384 e. The Kier molecular flexibility index (Phi) is 3.23. The minimum atomic E-state index is -0.132. The van der Waals surface area contributed by atoms with Gasteiger partial charge >= 0.3 is 0 Å². The van der Waals surface area contributed by atoms with Gasteiger partial charge in [-0.25, -0.2) is 0 Å². The molecule has 0 aliphatic heterocycles. The van der Waals surface area contributed by atoms with Crippen molar-refractivity contribution >= 4 is 5.82 Å². The van der Waals surface area contributed by atoms with Crippen molar-refractivity contribution < 1.29 is 0 Å². The van der Waals surface area contributed by atoms with Crippen LogP contribution in [0.2, 0.25) is 0 Å². The van der Waals surface area contributed by atoms with Crippen LogP contribution in [0.5, 0.6) is 0 Å². The quantitative estimate of drug-likeness (QED) is 0.862. The summed E-state index contributed by atoms with van der Waals surface area (Å²) in [5.74, 6) is 1.15. The molecule has 3 N–H and O–H groups in total. The fourth-order valence-electron chi connectivity index (χ4n) is 2.01. The van der Waals surface area contributed by atoms with E-state index in [9.17, 15) is 4.79 Å². The topological polar surface area (TPSA) is 76.7 Å². The molecule has 0 atom stereocenters. The third-order valence-electron chi connectivity index (χ3n) is 2.85. The smallest absolute Gasteiger partial charge is 0.248 e. The van der Waals surface area contributed by atoms with Crippen LogP contribution in [0.25, 0.3) is 11.3 Å². The van der Waals surface area contributed by atoms with Gasteiger partial charge in [0.2, 0.25) is 5.56 Å². The van der Waals surface area contributed by atoms with E-state index in [2.05, 4.69) is 23.9 Å². The van der Waals surface area contributed by atoms with Crippen molar-refractivity contribution in [2.45, 2.75) is 20.3 Å². The average molecular weight is 246 g/mol. The van der Waals surface area contributed by atoms with E-state index in [1.807, 2.05) is 13.1 Å². The second kappa shape index (κ2) is 4.68. The maximum absolute atomic E-state index is 11.4. The first-order valence-electron chi connectivity index (χ1n) is 5.99. The lowest BCUT2D eigenvalue weighted by atomic mass is 10.00. The number of hydrogen-bond acceptors (Lipinski definition) is 3. The fraction of sp³-hybridized carbons (Fsp3) is 0.385. The van der Waals surface area contributed by atoms with E-state index in [0.717, 1.165) is 23.2 Å². The number of nitrogens with one attached hydrogen (secondary N) is 1. The summed E-state index contributed by atoms with van der Waals surface area (Å²) in [5, 5.41) is 4.41. The number of nitrogen functional groups attached to an aromatic ring is 1. The summed E-state index contributed by atoms with van der Waals surface area (Å²) in [6, 6.07) is 3.39. The van der Waals surface area contributed by atoms with E-state index in [4.69, 9.17) is 5.73 Å². The molecule has 2 heterocycles. The third kappa shape index (κ3) is 2.30. The number of nitrogens with zero attached hydrogens (tertiary/aromatic N) is 2. The Hall–Kier alpha value is -2.04. The van der Waals surface area contributed by atoms with Crippen molar-refractivity contribution in [1.29, 1.82) is 0 Å². The maximum atomic E-state index is 11.4. The van der Waals surface area contributed by atoms with Gasteiger partial charge in [-0.1, -0.05) is 13.8 Å². The van der Waals surface area contributed by atoms with Crippen LogP contribution < -0.4 is 11.3 Å². The van der Waals surface area contributed by atoms with Gasteiger partial charge in [0.25, 0.3) is 0 Å². The second-order valence-electron chi connectivity index (χ2n) is 4.88. The molecule has 0 spiro atoms. The van der Waals surface area contributed by atoms with E-state index in [-0.39, 0.29) is 5.56 Å².